The fourth-order valence-corrected chi connectivity index (χ4v) is 4.33. The largest absolute Gasteiger partial charge is 0.416 e. The first-order valence-electron chi connectivity index (χ1n) is 11.1. The normalized spacial score (nSPS) is 14.6. The van der Waals surface area contributed by atoms with E-state index >= 15 is 0 Å². The number of amides is 2. The van der Waals surface area contributed by atoms with Crippen LogP contribution in [0, 0.1) is 5.92 Å². The van der Waals surface area contributed by atoms with E-state index in [1.165, 1.54) is 12.1 Å². The molecule has 0 atom stereocenters. The minimum atomic E-state index is -4.44. The SMILES string of the molecule is CN(C(=O)C1CCN(C(=O)c2ccc(C(F)(F)F)cc2)CC1)c1ccccc1-c1ccccc1. The molecule has 0 aliphatic carbocycles. The Bertz CT molecular complexity index is 1150. The lowest BCUT2D eigenvalue weighted by Gasteiger charge is -2.33. The number of likely N-dealkylation sites (tertiary alicyclic amines) is 1. The van der Waals surface area contributed by atoms with Crippen LogP contribution in [0.4, 0.5) is 18.9 Å². The van der Waals surface area contributed by atoms with Crippen molar-refractivity contribution in [3.8, 4) is 11.1 Å². The molecule has 7 heteroatoms. The van der Waals surface area contributed by atoms with Crippen LogP contribution in [0.15, 0.2) is 78.9 Å². The number of carbonyl (C=O) groups excluding carboxylic acids is 2. The first-order chi connectivity index (χ1) is 16.3. The summed E-state index contributed by atoms with van der Waals surface area (Å²) in [4.78, 5) is 29.3. The van der Waals surface area contributed by atoms with Crippen molar-refractivity contribution in [2.75, 3.05) is 25.0 Å². The summed E-state index contributed by atoms with van der Waals surface area (Å²) < 4.78 is 38.3. The van der Waals surface area contributed by atoms with Gasteiger partial charge in [0, 0.05) is 37.2 Å². The molecular weight excluding hydrogens is 441 g/mol. The Morgan fingerprint density at radius 2 is 1.44 bits per heavy atom. The Hall–Kier alpha value is -3.61. The minimum absolute atomic E-state index is 0.00925. The van der Waals surface area contributed by atoms with E-state index in [1.54, 1.807) is 16.8 Å². The summed E-state index contributed by atoms with van der Waals surface area (Å²) in [5, 5.41) is 0. The summed E-state index contributed by atoms with van der Waals surface area (Å²) in [5.41, 5.74) is 2.24. The predicted octanol–water partition coefficient (Wildman–Crippen LogP) is 5.89. The fraction of sp³-hybridized carbons (Fsp3) is 0.259. The molecule has 4 nitrogen and oxygen atoms in total. The van der Waals surface area contributed by atoms with Crippen molar-refractivity contribution in [2.24, 2.45) is 5.92 Å². The Labute approximate surface area is 196 Å². The molecule has 0 aromatic heterocycles. The van der Waals surface area contributed by atoms with Gasteiger partial charge in [-0.3, -0.25) is 9.59 Å². The molecule has 34 heavy (non-hydrogen) atoms. The molecule has 1 aliphatic rings. The molecule has 1 saturated heterocycles. The average Bonchev–Trinajstić information content (AvgIpc) is 2.87. The monoisotopic (exact) mass is 466 g/mol. The molecule has 176 valence electrons. The molecule has 1 heterocycles. The fourth-order valence-electron chi connectivity index (χ4n) is 4.33. The summed E-state index contributed by atoms with van der Waals surface area (Å²) in [6.45, 7) is 0.759. The van der Waals surface area contributed by atoms with Crippen LogP contribution in [0.25, 0.3) is 11.1 Å². The molecule has 3 aromatic rings. The summed E-state index contributed by atoms with van der Waals surface area (Å²) in [6.07, 6.45) is -3.43. The lowest BCUT2D eigenvalue weighted by Crippen LogP contribution is -2.43. The second-order valence-corrected chi connectivity index (χ2v) is 8.42. The summed E-state index contributed by atoms with van der Waals surface area (Å²) in [5.74, 6) is -0.558. The van der Waals surface area contributed by atoms with Crippen molar-refractivity contribution in [3.63, 3.8) is 0 Å². The zero-order valence-electron chi connectivity index (χ0n) is 18.8. The van der Waals surface area contributed by atoms with E-state index < -0.39 is 11.7 Å². The van der Waals surface area contributed by atoms with Crippen LogP contribution in [0.2, 0.25) is 0 Å². The highest BCUT2D eigenvalue weighted by atomic mass is 19.4. The number of para-hydroxylation sites is 1. The van der Waals surface area contributed by atoms with Crippen LogP contribution >= 0.6 is 0 Å². The van der Waals surface area contributed by atoms with Crippen LogP contribution in [0.5, 0.6) is 0 Å². The topological polar surface area (TPSA) is 40.6 Å². The molecule has 4 rings (SSSR count). The zero-order chi connectivity index (χ0) is 24.3. The molecule has 0 bridgehead atoms. The van der Waals surface area contributed by atoms with Crippen molar-refractivity contribution in [2.45, 2.75) is 19.0 Å². The van der Waals surface area contributed by atoms with Crippen LogP contribution in [0.3, 0.4) is 0 Å². The smallest absolute Gasteiger partial charge is 0.339 e. The maximum atomic E-state index is 13.3. The lowest BCUT2D eigenvalue weighted by molar-refractivity contribution is -0.137. The van der Waals surface area contributed by atoms with Crippen molar-refractivity contribution in [1.29, 1.82) is 0 Å². The highest BCUT2D eigenvalue weighted by Crippen LogP contribution is 2.32. The van der Waals surface area contributed by atoms with E-state index in [0.717, 1.165) is 28.9 Å². The second-order valence-electron chi connectivity index (χ2n) is 8.42. The first kappa shape index (κ1) is 23.5. The van der Waals surface area contributed by atoms with E-state index in [1.807, 2.05) is 54.6 Å². The van der Waals surface area contributed by atoms with Crippen LogP contribution in [-0.4, -0.2) is 36.9 Å². The Balaban J connectivity index is 1.41. The lowest BCUT2D eigenvalue weighted by atomic mass is 9.94. The van der Waals surface area contributed by atoms with Gasteiger partial charge in [-0.1, -0.05) is 48.5 Å². The number of hydrogen-bond donors (Lipinski definition) is 0. The van der Waals surface area contributed by atoms with E-state index in [-0.39, 0.29) is 23.3 Å². The molecule has 2 amide bonds. The molecular formula is C27H25F3N2O2. The van der Waals surface area contributed by atoms with Gasteiger partial charge in [0.15, 0.2) is 0 Å². The highest BCUT2D eigenvalue weighted by molar-refractivity contribution is 5.99. The highest BCUT2D eigenvalue weighted by Gasteiger charge is 2.32. The van der Waals surface area contributed by atoms with E-state index in [2.05, 4.69) is 0 Å². The van der Waals surface area contributed by atoms with Gasteiger partial charge in [-0.15, -0.1) is 0 Å². The number of benzene rings is 3. The molecule has 1 fully saturated rings. The van der Waals surface area contributed by atoms with Crippen molar-refractivity contribution in [3.05, 3.63) is 90.0 Å². The number of nitrogens with zero attached hydrogens (tertiary/aromatic N) is 2. The van der Waals surface area contributed by atoms with Crippen molar-refractivity contribution in [1.82, 2.24) is 4.90 Å². The van der Waals surface area contributed by atoms with Crippen molar-refractivity contribution >= 4 is 17.5 Å². The Morgan fingerprint density at radius 3 is 2.06 bits per heavy atom. The second kappa shape index (κ2) is 9.71. The maximum absolute atomic E-state index is 13.3. The minimum Gasteiger partial charge on any atom is -0.339 e. The van der Waals surface area contributed by atoms with Gasteiger partial charge in [-0.05, 0) is 48.7 Å². The van der Waals surface area contributed by atoms with E-state index in [4.69, 9.17) is 0 Å². The number of hydrogen-bond acceptors (Lipinski definition) is 2. The van der Waals surface area contributed by atoms with Gasteiger partial charge in [0.05, 0.1) is 11.3 Å². The van der Waals surface area contributed by atoms with Gasteiger partial charge in [-0.2, -0.15) is 13.2 Å². The Morgan fingerprint density at radius 1 is 0.853 bits per heavy atom. The summed E-state index contributed by atoms with van der Waals surface area (Å²) >= 11 is 0. The number of piperidine rings is 1. The number of halogens is 3. The van der Waals surface area contributed by atoms with Gasteiger partial charge in [0.2, 0.25) is 5.91 Å². The third-order valence-corrected chi connectivity index (χ3v) is 6.27. The predicted molar refractivity (Wildman–Crippen MR) is 125 cm³/mol. The number of alkyl halides is 3. The molecule has 0 unspecified atom stereocenters. The van der Waals surface area contributed by atoms with Gasteiger partial charge in [-0.25, -0.2) is 0 Å². The number of anilines is 1. The molecule has 0 spiro atoms. The number of rotatable bonds is 4. The molecule has 0 N–H and O–H groups in total. The van der Waals surface area contributed by atoms with Crippen LogP contribution in [0.1, 0.15) is 28.8 Å². The third kappa shape index (κ3) is 4.98. The molecule has 1 aliphatic heterocycles. The average molecular weight is 467 g/mol. The summed E-state index contributed by atoms with van der Waals surface area (Å²) in [7, 11) is 1.77. The Kier molecular flexibility index (Phi) is 6.72. The standard InChI is InChI=1S/C27H25F3N2O2/c1-31(24-10-6-5-9-23(24)19-7-3-2-4-8-19)25(33)21-15-17-32(18-16-21)26(34)20-11-13-22(14-12-20)27(28,29)30/h2-14,21H,15-18H2,1H3. The van der Waals surface area contributed by atoms with Crippen LogP contribution < -0.4 is 4.90 Å². The third-order valence-electron chi connectivity index (χ3n) is 6.27. The van der Waals surface area contributed by atoms with Crippen molar-refractivity contribution < 1.29 is 22.8 Å². The molecule has 3 aromatic carbocycles. The van der Waals surface area contributed by atoms with Gasteiger partial charge >= 0.3 is 6.18 Å². The van der Waals surface area contributed by atoms with E-state index in [0.29, 0.717) is 25.9 Å². The summed E-state index contributed by atoms with van der Waals surface area (Å²) in [6, 6.07) is 21.9. The quantitative estimate of drug-likeness (QED) is 0.481. The van der Waals surface area contributed by atoms with Gasteiger partial charge in [0.1, 0.15) is 0 Å². The van der Waals surface area contributed by atoms with Gasteiger partial charge < -0.3 is 9.80 Å². The van der Waals surface area contributed by atoms with Gasteiger partial charge in [0.25, 0.3) is 5.91 Å². The van der Waals surface area contributed by atoms with E-state index in [9.17, 15) is 22.8 Å². The molecule has 0 saturated carbocycles. The maximum Gasteiger partial charge on any atom is 0.416 e. The molecule has 0 radical (unpaired) electrons. The van der Waals surface area contributed by atoms with Crippen LogP contribution in [-0.2, 0) is 11.0 Å². The first-order valence-corrected chi connectivity index (χ1v) is 11.1. The number of carbonyl (C=O) groups is 2. The zero-order valence-corrected chi connectivity index (χ0v) is 18.8.